The lowest BCUT2D eigenvalue weighted by atomic mass is 10.2. The first-order valence-electron chi connectivity index (χ1n) is 9.28. The highest BCUT2D eigenvalue weighted by molar-refractivity contribution is 9.10. The Labute approximate surface area is 172 Å². The van der Waals surface area contributed by atoms with Crippen LogP contribution in [0.25, 0.3) is 0 Å². The van der Waals surface area contributed by atoms with Crippen molar-refractivity contribution in [3.8, 4) is 0 Å². The second-order valence-electron chi connectivity index (χ2n) is 7.00. The zero-order valence-electron chi connectivity index (χ0n) is 16.1. The lowest BCUT2D eigenvalue weighted by Crippen LogP contribution is -2.48. The van der Waals surface area contributed by atoms with Gasteiger partial charge in [-0.25, -0.2) is 0 Å². The van der Waals surface area contributed by atoms with Crippen LogP contribution in [-0.2, 0) is 17.9 Å². The minimum atomic E-state index is -0.416. The lowest BCUT2D eigenvalue weighted by Gasteiger charge is -2.35. The van der Waals surface area contributed by atoms with Crippen LogP contribution < -0.4 is 0 Å². The van der Waals surface area contributed by atoms with Crippen LogP contribution in [0.3, 0.4) is 0 Å². The maximum Gasteiger partial charge on any atom is 0.312 e. The van der Waals surface area contributed by atoms with Crippen LogP contribution in [0.1, 0.15) is 23.4 Å². The van der Waals surface area contributed by atoms with Gasteiger partial charge >= 0.3 is 5.69 Å². The van der Waals surface area contributed by atoms with Gasteiger partial charge in [-0.1, -0.05) is 34.1 Å². The van der Waals surface area contributed by atoms with Gasteiger partial charge in [0.25, 0.3) is 0 Å². The number of nitro groups is 1. The van der Waals surface area contributed by atoms with Crippen LogP contribution >= 0.6 is 15.9 Å². The largest absolute Gasteiger partial charge is 0.340 e. The number of amides is 1. The van der Waals surface area contributed by atoms with E-state index >= 15 is 0 Å². The molecule has 9 heteroatoms. The average Bonchev–Trinajstić information content (AvgIpc) is 2.95. The highest BCUT2D eigenvalue weighted by atomic mass is 79.9. The molecule has 1 amide bonds. The number of aromatic nitrogens is 2. The summed E-state index contributed by atoms with van der Waals surface area (Å²) >= 11 is 3.58. The highest BCUT2D eigenvalue weighted by Crippen LogP contribution is 2.22. The predicted octanol–water partition coefficient (Wildman–Crippen LogP) is 2.91. The van der Waals surface area contributed by atoms with E-state index in [-0.39, 0.29) is 11.6 Å². The number of carbonyl (C=O) groups excluding carboxylic acids is 1. The van der Waals surface area contributed by atoms with Crippen molar-refractivity contribution in [1.29, 1.82) is 0 Å². The molecule has 1 fully saturated rings. The minimum absolute atomic E-state index is 0.0353. The highest BCUT2D eigenvalue weighted by Gasteiger charge is 2.24. The van der Waals surface area contributed by atoms with E-state index < -0.39 is 4.92 Å². The maximum atomic E-state index is 12.6. The molecule has 2 heterocycles. The first kappa shape index (κ1) is 20.5. The van der Waals surface area contributed by atoms with Crippen molar-refractivity contribution in [3.05, 3.63) is 55.8 Å². The molecule has 1 aliphatic rings. The van der Waals surface area contributed by atoms with Gasteiger partial charge in [0.15, 0.2) is 0 Å². The normalized spacial score (nSPS) is 15.0. The SMILES string of the molecule is Cc1nn(CCC(=O)N2CCN(Cc3ccccc3Br)CC2)c(C)c1[N+](=O)[O-]. The van der Waals surface area contributed by atoms with Crippen LogP contribution in [-0.4, -0.2) is 56.6 Å². The maximum absolute atomic E-state index is 12.6. The van der Waals surface area contributed by atoms with Crippen molar-refractivity contribution in [2.75, 3.05) is 26.2 Å². The Balaban J connectivity index is 1.50. The van der Waals surface area contributed by atoms with Crippen LogP contribution in [0, 0.1) is 24.0 Å². The van der Waals surface area contributed by atoms with Gasteiger partial charge in [0.1, 0.15) is 11.4 Å². The van der Waals surface area contributed by atoms with Crippen LogP contribution in [0.4, 0.5) is 5.69 Å². The van der Waals surface area contributed by atoms with Crippen LogP contribution in [0.15, 0.2) is 28.7 Å². The molecule has 1 saturated heterocycles. The van der Waals surface area contributed by atoms with E-state index in [1.165, 1.54) is 5.56 Å². The molecule has 0 radical (unpaired) electrons. The number of piperazine rings is 1. The van der Waals surface area contributed by atoms with Gasteiger partial charge in [-0.05, 0) is 25.5 Å². The molecule has 1 aliphatic heterocycles. The molecule has 1 aromatic carbocycles. The number of hydrogen-bond donors (Lipinski definition) is 0. The lowest BCUT2D eigenvalue weighted by molar-refractivity contribution is -0.386. The van der Waals surface area contributed by atoms with Crippen LogP contribution in [0.5, 0.6) is 0 Å². The summed E-state index contributed by atoms with van der Waals surface area (Å²) in [6.45, 7) is 7.56. The van der Waals surface area contributed by atoms with E-state index in [1.807, 2.05) is 23.1 Å². The zero-order valence-corrected chi connectivity index (χ0v) is 17.7. The van der Waals surface area contributed by atoms with E-state index in [4.69, 9.17) is 0 Å². The Kier molecular flexibility index (Phi) is 6.46. The number of carbonyl (C=O) groups is 1. The third-order valence-electron chi connectivity index (χ3n) is 5.14. The van der Waals surface area contributed by atoms with E-state index in [9.17, 15) is 14.9 Å². The number of benzene rings is 1. The van der Waals surface area contributed by atoms with Gasteiger partial charge in [0.05, 0.1) is 11.5 Å². The number of rotatable bonds is 6. The smallest absolute Gasteiger partial charge is 0.312 e. The van der Waals surface area contributed by atoms with Crippen molar-refractivity contribution in [2.45, 2.75) is 33.4 Å². The Morgan fingerprint density at radius 1 is 1.21 bits per heavy atom. The van der Waals surface area contributed by atoms with Gasteiger partial charge in [-0.3, -0.25) is 24.5 Å². The molecular weight excluding hydrogens is 426 g/mol. The molecule has 0 unspecified atom stereocenters. The molecule has 0 bridgehead atoms. The molecule has 0 atom stereocenters. The van der Waals surface area contributed by atoms with Crippen molar-refractivity contribution in [2.24, 2.45) is 0 Å². The van der Waals surface area contributed by atoms with Gasteiger partial charge in [0, 0.05) is 43.6 Å². The zero-order chi connectivity index (χ0) is 20.3. The van der Waals surface area contributed by atoms with Crippen LogP contribution in [0.2, 0.25) is 0 Å². The Bertz CT molecular complexity index is 874. The predicted molar refractivity (Wildman–Crippen MR) is 109 cm³/mol. The van der Waals surface area contributed by atoms with Gasteiger partial charge < -0.3 is 4.90 Å². The molecule has 0 saturated carbocycles. The summed E-state index contributed by atoms with van der Waals surface area (Å²) in [5, 5.41) is 15.3. The molecule has 8 nitrogen and oxygen atoms in total. The summed E-state index contributed by atoms with van der Waals surface area (Å²) in [6.07, 6.45) is 0.295. The van der Waals surface area contributed by atoms with E-state index in [2.05, 4.69) is 32.0 Å². The van der Waals surface area contributed by atoms with E-state index in [0.29, 0.717) is 37.4 Å². The number of hydrogen-bond acceptors (Lipinski definition) is 5. The van der Waals surface area contributed by atoms with Gasteiger partial charge in [0.2, 0.25) is 5.91 Å². The fraction of sp³-hybridized carbons (Fsp3) is 0.474. The third-order valence-corrected chi connectivity index (χ3v) is 5.91. The molecule has 3 rings (SSSR count). The molecule has 28 heavy (non-hydrogen) atoms. The third kappa shape index (κ3) is 4.59. The molecule has 2 aromatic rings. The first-order chi connectivity index (χ1) is 13.4. The Hall–Kier alpha value is -2.26. The van der Waals surface area contributed by atoms with E-state index in [0.717, 1.165) is 24.1 Å². The Morgan fingerprint density at radius 2 is 1.89 bits per heavy atom. The van der Waals surface area contributed by atoms with Crippen molar-refractivity contribution in [1.82, 2.24) is 19.6 Å². The topological polar surface area (TPSA) is 84.5 Å². The number of nitrogens with zero attached hydrogens (tertiary/aromatic N) is 5. The Morgan fingerprint density at radius 3 is 2.50 bits per heavy atom. The monoisotopic (exact) mass is 449 g/mol. The fourth-order valence-corrected chi connectivity index (χ4v) is 3.96. The quantitative estimate of drug-likeness (QED) is 0.499. The number of aryl methyl sites for hydroxylation is 2. The molecule has 0 N–H and O–H groups in total. The molecule has 0 spiro atoms. The second kappa shape index (κ2) is 8.83. The van der Waals surface area contributed by atoms with E-state index in [1.54, 1.807) is 18.5 Å². The minimum Gasteiger partial charge on any atom is -0.340 e. The summed E-state index contributed by atoms with van der Waals surface area (Å²) in [6, 6.07) is 8.18. The summed E-state index contributed by atoms with van der Waals surface area (Å²) < 4.78 is 2.67. The first-order valence-corrected chi connectivity index (χ1v) is 10.1. The van der Waals surface area contributed by atoms with Gasteiger partial charge in [-0.2, -0.15) is 5.10 Å². The van der Waals surface area contributed by atoms with Crippen molar-refractivity contribution in [3.63, 3.8) is 0 Å². The summed E-state index contributed by atoms with van der Waals surface area (Å²) in [5.74, 6) is 0.0655. The fourth-order valence-electron chi connectivity index (χ4n) is 3.55. The standard InChI is InChI=1S/C19H24BrN5O3/c1-14-19(25(27)28)15(2)24(21-14)8-7-18(26)23-11-9-22(10-12-23)13-16-5-3-4-6-17(16)20/h3-6H,7-13H2,1-2H3. The summed E-state index contributed by atoms with van der Waals surface area (Å²) in [4.78, 5) is 27.4. The molecule has 1 aromatic heterocycles. The van der Waals surface area contributed by atoms with Gasteiger partial charge in [-0.15, -0.1) is 0 Å². The summed E-state index contributed by atoms with van der Waals surface area (Å²) in [7, 11) is 0. The van der Waals surface area contributed by atoms with Crippen molar-refractivity contribution < 1.29 is 9.72 Å². The molecule has 150 valence electrons. The van der Waals surface area contributed by atoms with Crippen molar-refractivity contribution >= 4 is 27.5 Å². The average molecular weight is 450 g/mol. The number of halogens is 1. The molecular formula is C19H24BrN5O3. The summed E-state index contributed by atoms with van der Waals surface area (Å²) in [5.41, 5.74) is 2.16. The molecule has 0 aliphatic carbocycles. The second-order valence-corrected chi connectivity index (χ2v) is 7.85.